The van der Waals surface area contributed by atoms with E-state index in [0.29, 0.717) is 30.4 Å². The highest BCUT2D eigenvalue weighted by Gasteiger charge is 2.40. The van der Waals surface area contributed by atoms with Gasteiger partial charge < -0.3 is 19.0 Å². The number of likely N-dealkylation sites (tertiary alicyclic amines) is 1. The normalized spacial score (nSPS) is 18.5. The zero-order valence-corrected chi connectivity index (χ0v) is 18.4. The lowest BCUT2D eigenvalue weighted by Crippen LogP contribution is -2.31. The average Bonchev–Trinajstić information content (AvgIpc) is 3.40. The molecule has 31 heavy (non-hydrogen) atoms. The number of carbonyl (C=O) groups excluding carboxylic acids is 1. The minimum atomic E-state index is -0.00475. The molecule has 7 nitrogen and oxygen atoms in total. The molecule has 7 heteroatoms. The first kappa shape index (κ1) is 21.1. The van der Waals surface area contributed by atoms with E-state index in [9.17, 15) is 4.79 Å². The number of hydrogen-bond acceptors (Lipinski definition) is 6. The van der Waals surface area contributed by atoms with Crippen molar-refractivity contribution >= 4 is 5.91 Å². The second kappa shape index (κ2) is 8.89. The summed E-state index contributed by atoms with van der Waals surface area (Å²) >= 11 is 0. The highest BCUT2D eigenvalue weighted by atomic mass is 16.5. The Morgan fingerprint density at radius 2 is 1.94 bits per heavy atom. The van der Waals surface area contributed by atoms with Crippen LogP contribution in [0.15, 0.2) is 52.9 Å². The minimum absolute atomic E-state index is 0.00475. The molecular formula is C24H28N4O3. The number of carbonyl (C=O) groups is 1. The van der Waals surface area contributed by atoms with Crippen LogP contribution in [0.2, 0.25) is 0 Å². The largest absolute Gasteiger partial charge is 0.497 e. The van der Waals surface area contributed by atoms with Crippen molar-refractivity contribution in [3.63, 3.8) is 0 Å². The number of amides is 1. The van der Waals surface area contributed by atoms with Crippen LogP contribution in [-0.2, 0) is 0 Å². The molecule has 1 aromatic heterocycles. The molecule has 0 N–H and O–H groups in total. The number of benzene rings is 2. The molecule has 0 aliphatic carbocycles. The van der Waals surface area contributed by atoms with Crippen LogP contribution in [0.3, 0.4) is 0 Å². The summed E-state index contributed by atoms with van der Waals surface area (Å²) in [6.07, 6.45) is 0. The second-order valence-corrected chi connectivity index (χ2v) is 8.33. The van der Waals surface area contributed by atoms with Crippen molar-refractivity contribution in [1.29, 1.82) is 0 Å². The number of aromatic nitrogens is 2. The highest BCUT2D eigenvalue weighted by Crippen LogP contribution is 2.35. The molecule has 1 aliphatic heterocycles. The smallest absolute Gasteiger partial charge is 0.254 e. The number of ether oxygens (including phenoxy) is 1. The summed E-state index contributed by atoms with van der Waals surface area (Å²) in [5.74, 6) is 2.08. The van der Waals surface area contributed by atoms with Crippen LogP contribution in [0.25, 0.3) is 11.5 Å². The van der Waals surface area contributed by atoms with Crippen molar-refractivity contribution in [2.75, 3.05) is 40.8 Å². The van der Waals surface area contributed by atoms with Gasteiger partial charge in [-0.3, -0.25) is 4.79 Å². The maximum absolute atomic E-state index is 13.3. The van der Waals surface area contributed by atoms with Gasteiger partial charge in [-0.1, -0.05) is 18.2 Å². The lowest BCUT2D eigenvalue weighted by atomic mass is 9.95. The van der Waals surface area contributed by atoms with E-state index in [0.717, 1.165) is 23.4 Å². The fourth-order valence-electron chi connectivity index (χ4n) is 4.23. The Balaban J connectivity index is 1.58. The molecule has 0 spiro atoms. The molecule has 2 aromatic carbocycles. The van der Waals surface area contributed by atoms with Gasteiger partial charge in [0.05, 0.1) is 13.0 Å². The summed E-state index contributed by atoms with van der Waals surface area (Å²) in [5.41, 5.74) is 2.49. The maximum atomic E-state index is 13.3. The molecule has 1 fully saturated rings. The van der Waals surface area contributed by atoms with Gasteiger partial charge in [0.1, 0.15) is 5.75 Å². The van der Waals surface area contributed by atoms with Crippen LogP contribution in [0.5, 0.6) is 5.75 Å². The first-order valence-corrected chi connectivity index (χ1v) is 10.4. The van der Waals surface area contributed by atoms with Crippen molar-refractivity contribution in [3.8, 4) is 17.2 Å². The molecule has 1 saturated heterocycles. The Kier molecular flexibility index (Phi) is 6.04. The van der Waals surface area contributed by atoms with Gasteiger partial charge in [-0.05, 0) is 56.9 Å². The molecule has 0 radical (unpaired) electrons. The van der Waals surface area contributed by atoms with E-state index in [1.807, 2.05) is 74.4 Å². The molecule has 0 saturated carbocycles. The van der Waals surface area contributed by atoms with E-state index in [1.165, 1.54) is 0 Å². The Morgan fingerprint density at radius 3 is 2.61 bits per heavy atom. The van der Waals surface area contributed by atoms with Gasteiger partial charge in [0.25, 0.3) is 5.91 Å². The van der Waals surface area contributed by atoms with Crippen LogP contribution in [-0.4, -0.2) is 66.7 Å². The van der Waals surface area contributed by atoms with E-state index >= 15 is 0 Å². The first-order chi connectivity index (χ1) is 15.0. The number of nitrogens with zero attached hydrogens (tertiary/aromatic N) is 4. The lowest BCUT2D eigenvalue weighted by Gasteiger charge is -2.20. The first-order valence-electron chi connectivity index (χ1n) is 10.4. The average molecular weight is 421 g/mol. The van der Waals surface area contributed by atoms with E-state index in [-0.39, 0.29) is 17.7 Å². The number of methoxy groups -OCH3 is 1. The van der Waals surface area contributed by atoms with Gasteiger partial charge in [-0.2, -0.15) is 0 Å². The standard InChI is InChI=1S/C24H28N4O3/c1-16-12-19(30-4)10-11-20(16)24(29)28-14-18(13-27(2)3)21(15-28)23-26-25-22(31-23)17-8-6-5-7-9-17/h5-12,18,21H,13-15H2,1-4H3/t18-,21-/m0/s1. The summed E-state index contributed by atoms with van der Waals surface area (Å²) in [5, 5.41) is 8.61. The van der Waals surface area contributed by atoms with E-state index < -0.39 is 0 Å². The fourth-order valence-corrected chi connectivity index (χ4v) is 4.23. The summed E-state index contributed by atoms with van der Waals surface area (Å²) in [6, 6.07) is 15.3. The lowest BCUT2D eigenvalue weighted by molar-refractivity contribution is 0.0783. The van der Waals surface area contributed by atoms with Gasteiger partial charge in [0.15, 0.2) is 0 Å². The third-order valence-electron chi connectivity index (χ3n) is 5.77. The van der Waals surface area contributed by atoms with Crippen LogP contribution < -0.4 is 4.74 Å². The third-order valence-corrected chi connectivity index (χ3v) is 5.77. The summed E-state index contributed by atoms with van der Waals surface area (Å²) in [4.78, 5) is 17.3. The molecule has 1 amide bonds. The molecule has 3 aromatic rings. The van der Waals surface area contributed by atoms with Crippen molar-refractivity contribution in [1.82, 2.24) is 20.0 Å². The fraction of sp³-hybridized carbons (Fsp3) is 0.375. The van der Waals surface area contributed by atoms with Crippen molar-refractivity contribution < 1.29 is 13.9 Å². The monoisotopic (exact) mass is 420 g/mol. The van der Waals surface area contributed by atoms with Gasteiger partial charge in [0.2, 0.25) is 11.8 Å². The van der Waals surface area contributed by atoms with Crippen molar-refractivity contribution in [2.45, 2.75) is 12.8 Å². The van der Waals surface area contributed by atoms with Gasteiger partial charge in [-0.15, -0.1) is 10.2 Å². The van der Waals surface area contributed by atoms with Crippen LogP contribution in [0.4, 0.5) is 0 Å². The Bertz CT molecular complexity index is 1050. The summed E-state index contributed by atoms with van der Waals surface area (Å²) < 4.78 is 11.3. The van der Waals surface area contributed by atoms with Crippen molar-refractivity contribution in [2.24, 2.45) is 5.92 Å². The molecule has 1 aliphatic rings. The van der Waals surface area contributed by atoms with Crippen LogP contribution >= 0.6 is 0 Å². The van der Waals surface area contributed by atoms with Crippen molar-refractivity contribution in [3.05, 3.63) is 65.5 Å². The molecule has 2 heterocycles. The van der Waals surface area contributed by atoms with E-state index in [1.54, 1.807) is 7.11 Å². The molecule has 162 valence electrons. The van der Waals surface area contributed by atoms with Crippen LogP contribution in [0, 0.1) is 12.8 Å². The van der Waals surface area contributed by atoms with E-state index in [4.69, 9.17) is 9.15 Å². The minimum Gasteiger partial charge on any atom is -0.497 e. The Morgan fingerprint density at radius 1 is 1.16 bits per heavy atom. The van der Waals surface area contributed by atoms with Gasteiger partial charge in [0, 0.05) is 36.7 Å². The predicted octanol–water partition coefficient (Wildman–Crippen LogP) is 3.47. The number of aryl methyl sites for hydroxylation is 1. The quantitative estimate of drug-likeness (QED) is 0.608. The zero-order valence-electron chi connectivity index (χ0n) is 18.4. The Labute approximate surface area is 182 Å². The van der Waals surface area contributed by atoms with Crippen LogP contribution in [0.1, 0.15) is 27.7 Å². The van der Waals surface area contributed by atoms with Gasteiger partial charge >= 0.3 is 0 Å². The molecule has 2 atom stereocenters. The molecule has 4 rings (SSSR count). The predicted molar refractivity (Wildman–Crippen MR) is 118 cm³/mol. The topological polar surface area (TPSA) is 71.7 Å². The molecule has 0 unspecified atom stereocenters. The summed E-state index contributed by atoms with van der Waals surface area (Å²) in [6.45, 7) is 3.97. The summed E-state index contributed by atoms with van der Waals surface area (Å²) in [7, 11) is 5.71. The Hall–Kier alpha value is -3.19. The molecular weight excluding hydrogens is 392 g/mol. The highest BCUT2D eigenvalue weighted by molar-refractivity contribution is 5.96. The maximum Gasteiger partial charge on any atom is 0.254 e. The zero-order chi connectivity index (χ0) is 22.0. The molecule has 0 bridgehead atoms. The number of rotatable bonds is 6. The SMILES string of the molecule is COc1ccc(C(=O)N2C[C@H](CN(C)C)[C@@H](c3nnc(-c4ccccc4)o3)C2)c(C)c1. The van der Waals surface area contributed by atoms with Gasteiger partial charge in [-0.25, -0.2) is 0 Å². The third kappa shape index (κ3) is 4.46. The van der Waals surface area contributed by atoms with E-state index in [2.05, 4.69) is 15.1 Å². The number of hydrogen-bond donors (Lipinski definition) is 0. The second-order valence-electron chi connectivity index (χ2n) is 8.33.